The summed E-state index contributed by atoms with van der Waals surface area (Å²) in [7, 11) is -1.30. The Labute approximate surface area is 179 Å². The Balaban J connectivity index is 0.00000182. The van der Waals surface area contributed by atoms with E-state index in [1.165, 1.54) is 0 Å². The van der Waals surface area contributed by atoms with Gasteiger partial charge in [-0.05, 0) is 32.0 Å². The Morgan fingerprint density at radius 2 is 2.04 bits per heavy atom. The molecule has 1 aromatic carbocycles. The van der Waals surface area contributed by atoms with Crippen LogP contribution in [0.25, 0.3) is 11.0 Å². The largest absolute Gasteiger partial charge is 1.00 e. The fraction of sp³-hybridized carbons (Fsp3) is 0.333. The Kier molecular flexibility index (Phi) is 8.24. The van der Waals surface area contributed by atoms with E-state index in [1.54, 1.807) is 6.20 Å². The van der Waals surface area contributed by atoms with Crippen LogP contribution in [-0.2, 0) is 21.3 Å². The molecule has 0 saturated heterocycles. The van der Waals surface area contributed by atoms with Gasteiger partial charge < -0.3 is 15.9 Å². The first-order valence-corrected chi connectivity index (χ1v) is 9.49. The van der Waals surface area contributed by atoms with Gasteiger partial charge in [-0.3, -0.25) is 9.19 Å². The van der Waals surface area contributed by atoms with E-state index in [4.69, 9.17) is 9.47 Å². The number of imidazole rings is 1. The molecule has 0 bridgehead atoms. The van der Waals surface area contributed by atoms with Crippen LogP contribution in [0.1, 0.15) is 19.6 Å². The molecule has 2 aromatic heterocycles. The molecule has 1 N–H and O–H groups in total. The van der Waals surface area contributed by atoms with Gasteiger partial charge in [-0.25, -0.2) is 4.98 Å². The second-order valence-corrected chi connectivity index (χ2v) is 6.84. The second-order valence-electron chi connectivity index (χ2n) is 5.48. The summed E-state index contributed by atoms with van der Waals surface area (Å²) in [6.45, 7) is 5.56. The average molecular weight is 383 g/mol. The van der Waals surface area contributed by atoms with Crippen LogP contribution < -0.4 is 34.3 Å². The van der Waals surface area contributed by atoms with Crippen molar-refractivity contribution in [2.45, 2.75) is 24.8 Å². The summed E-state index contributed by atoms with van der Waals surface area (Å²) in [4.78, 5) is 11.9. The van der Waals surface area contributed by atoms with Gasteiger partial charge in [-0.2, -0.15) is 0 Å². The molecule has 8 heteroatoms. The van der Waals surface area contributed by atoms with Crippen molar-refractivity contribution in [2.24, 2.45) is 0 Å². The van der Waals surface area contributed by atoms with Crippen LogP contribution in [0.4, 0.5) is 0 Å². The van der Waals surface area contributed by atoms with E-state index in [9.17, 15) is 4.21 Å². The summed E-state index contributed by atoms with van der Waals surface area (Å²) >= 11 is 0. The monoisotopic (exact) mass is 383 g/mol. The molecule has 0 radical (unpaired) electrons. The number of H-pyrrole nitrogens is 1. The topological polar surface area (TPSA) is 77.1 Å². The van der Waals surface area contributed by atoms with Gasteiger partial charge in [-0.1, -0.05) is 12.1 Å². The average Bonchev–Trinajstić information content (AvgIpc) is 3.06. The van der Waals surface area contributed by atoms with Crippen molar-refractivity contribution in [1.82, 2.24) is 15.0 Å². The van der Waals surface area contributed by atoms with Crippen LogP contribution in [0.3, 0.4) is 0 Å². The molecule has 0 amide bonds. The van der Waals surface area contributed by atoms with Crippen molar-refractivity contribution in [1.29, 1.82) is 0 Å². The first-order valence-electron chi connectivity index (χ1n) is 8.17. The van der Waals surface area contributed by atoms with E-state index in [1.807, 2.05) is 44.2 Å². The van der Waals surface area contributed by atoms with Gasteiger partial charge in [-0.15, -0.1) is 0 Å². The molecular formula is C18H22N3NaO3S. The number of para-hydroxylation sites is 2. The molecule has 0 aliphatic carbocycles. The number of ether oxygens (including phenoxy) is 2. The third kappa shape index (κ3) is 5.14. The van der Waals surface area contributed by atoms with Gasteiger partial charge in [0.15, 0.2) is 5.16 Å². The van der Waals surface area contributed by atoms with Crippen molar-refractivity contribution < 1.29 is 44.7 Å². The molecule has 0 fully saturated rings. The van der Waals surface area contributed by atoms with Gasteiger partial charge >= 0.3 is 29.6 Å². The van der Waals surface area contributed by atoms with Gasteiger partial charge in [0.1, 0.15) is 12.4 Å². The zero-order valence-electron chi connectivity index (χ0n) is 16.3. The minimum atomic E-state index is -1.30. The molecule has 134 valence electrons. The summed E-state index contributed by atoms with van der Waals surface area (Å²) in [6.07, 6.45) is 1.67. The number of nitrogens with one attached hydrogen (secondary N) is 1. The van der Waals surface area contributed by atoms with Crippen LogP contribution in [0.5, 0.6) is 5.75 Å². The standard InChI is InChI=1S/C18H21N3O3S.Na.H/c1-3-23-10-11-24-17-8-9-19-16(13(17)2)12-25(22)18-20-14-6-4-5-7-15(14)21-18;;/h4-9H,3,10-12H2,1-2H3,(H,20,21);;/q;+1;-1. The van der Waals surface area contributed by atoms with Gasteiger partial charge in [0.25, 0.3) is 0 Å². The van der Waals surface area contributed by atoms with Gasteiger partial charge in [0.2, 0.25) is 0 Å². The Morgan fingerprint density at radius 3 is 2.81 bits per heavy atom. The number of nitrogens with zero attached hydrogens (tertiary/aromatic N) is 2. The van der Waals surface area contributed by atoms with Crippen LogP contribution in [0, 0.1) is 6.92 Å². The molecule has 3 aromatic rings. The molecule has 0 saturated carbocycles. The third-order valence-corrected chi connectivity index (χ3v) is 4.96. The normalized spacial score (nSPS) is 11.9. The summed E-state index contributed by atoms with van der Waals surface area (Å²) < 4.78 is 23.7. The zero-order valence-corrected chi connectivity index (χ0v) is 18.1. The molecule has 0 aliphatic rings. The molecule has 0 aliphatic heterocycles. The van der Waals surface area contributed by atoms with Gasteiger partial charge in [0.05, 0.1) is 39.9 Å². The van der Waals surface area contributed by atoms with Crippen molar-refractivity contribution in [3.8, 4) is 5.75 Å². The number of aromatic nitrogens is 3. The molecule has 3 rings (SSSR count). The number of aromatic amines is 1. The molecular weight excluding hydrogens is 361 g/mol. The van der Waals surface area contributed by atoms with Gasteiger partial charge in [0, 0.05) is 18.4 Å². The van der Waals surface area contributed by atoms with Crippen LogP contribution in [0.2, 0.25) is 0 Å². The SMILES string of the molecule is CCOCCOc1ccnc(CS(=O)c2nc3ccccc3[nH]2)c1C.[H-].[Na+]. The van der Waals surface area contributed by atoms with Crippen LogP contribution in [-0.4, -0.2) is 39.0 Å². The van der Waals surface area contributed by atoms with E-state index >= 15 is 0 Å². The Bertz CT molecular complexity index is 858. The number of hydrogen-bond donors (Lipinski definition) is 1. The Morgan fingerprint density at radius 1 is 1.23 bits per heavy atom. The van der Waals surface area contributed by atoms with Crippen molar-refractivity contribution in [3.63, 3.8) is 0 Å². The minimum Gasteiger partial charge on any atom is -1.00 e. The van der Waals surface area contributed by atoms with Crippen LogP contribution >= 0.6 is 0 Å². The van der Waals surface area contributed by atoms with Crippen molar-refractivity contribution in [2.75, 3.05) is 19.8 Å². The molecule has 26 heavy (non-hydrogen) atoms. The summed E-state index contributed by atoms with van der Waals surface area (Å²) in [5, 5.41) is 0.463. The molecule has 1 atom stereocenters. The maximum atomic E-state index is 12.7. The molecule has 1 unspecified atom stereocenters. The van der Waals surface area contributed by atoms with E-state index in [-0.39, 0.29) is 36.7 Å². The molecule has 0 spiro atoms. The summed E-state index contributed by atoms with van der Waals surface area (Å²) in [6, 6.07) is 9.45. The third-order valence-electron chi connectivity index (χ3n) is 3.80. The molecule has 6 nitrogen and oxygen atoms in total. The predicted molar refractivity (Wildman–Crippen MR) is 98.3 cm³/mol. The number of hydrogen-bond acceptors (Lipinski definition) is 5. The summed E-state index contributed by atoms with van der Waals surface area (Å²) in [5.41, 5.74) is 3.32. The maximum absolute atomic E-state index is 12.7. The van der Waals surface area contributed by atoms with E-state index < -0.39 is 10.8 Å². The molecule has 2 heterocycles. The number of fused-ring (bicyclic) bond motifs is 1. The van der Waals surface area contributed by atoms with E-state index in [2.05, 4.69) is 15.0 Å². The number of pyridine rings is 1. The first kappa shape index (κ1) is 21.1. The maximum Gasteiger partial charge on any atom is 1.00 e. The predicted octanol–water partition coefficient (Wildman–Crippen LogP) is 0.106. The quantitative estimate of drug-likeness (QED) is 0.441. The number of benzene rings is 1. The first-order chi connectivity index (χ1) is 12.2. The van der Waals surface area contributed by atoms with E-state index in [0.717, 1.165) is 28.0 Å². The van der Waals surface area contributed by atoms with Crippen LogP contribution in [0.15, 0.2) is 41.7 Å². The van der Waals surface area contributed by atoms with E-state index in [0.29, 0.717) is 25.0 Å². The second kappa shape index (κ2) is 10.2. The fourth-order valence-corrected chi connectivity index (χ4v) is 3.55. The minimum absolute atomic E-state index is 0. The van der Waals surface area contributed by atoms with Crippen molar-refractivity contribution >= 4 is 21.8 Å². The fourth-order valence-electron chi connectivity index (χ4n) is 2.45. The van der Waals surface area contributed by atoms with Crippen molar-refractivity contribution in [3.05, 3.63) is 47.8 Å². The smallest absolute Gasteiger partial charge is 1.00 e. The summed E-state index contributed by atoms with van der Waals surface area (Å²) in [5.74, 6) is 1.03. The number of rotatable bonds is 8. The zero-order chi connectivity index (χ0) is 17.6. The Hall–Kier alpha value is -1.25.